The molecule has 0 atom stereocenters. The fourth-order valence-corrected chi connectivity index (χ4v) is 3.13. The van der Waals surface area contributed by atoms with Gasteiger partial charge in [-0.2, -0.15) is 13.2 Å². The van der Waals surface area contributed by atoms with Gasteiger partial charge in [-0.15, -0.1) is 11.3 Å². The molecule has 0 bridgehead atoms. The summed E-state index contributed by atoms with van der Waals surface area (Å²) in [4.78, 5) is 11.0. The number of guanidine groups is 1. The first kappa shape index (κ1) is 23.0. The Morgan fingerprint density at radius 1 is 1.24 bits per heavy atom. The zero-order chi connectivity index (χ0) is 21.3. The van der Waals surface area contributed by atoms with E-state index in [1.165, 1.54) is 0 Å². The molecule has 10 heteroatoms. The zero-order valence-corrected chi connectivity index (χ0v) is 17.5. The van der Waals surface area contributed by atoms with Gasteiger partial charge in [-0.25, -0.2) is 9.98 Å². The van der Waals surface area contributed by atoms with E-state index in [0.29, 0.717) is 31.2 Å². The SMILES string of the molecule is CCNC(=NCc1cccc(COCC(F)(F)F)c1)NCc1csc(N(C)C)n1. The van der Waals surface area contributed by atoms with Crippen molar-refractivity contribution in [3.8, 4) is 0 Å². The lowest BCUT2D eigenvalue weighted by Crippen LogP contribution is -2.36. The lowest BCUT2D eigenvalue weighted by Gasteiger charge is -2.11. The van der Waals surface area contributed by atoms with Gasteiger partial charge < -0.3 is 20.3 Å². The van der Waals surface area contributed by atoms with Crippen LogP contribution in [-0.4, -0.2) is 44.4 Å². The Labute approximate surface area is 172 Å². The van der Waals surface area contributed by atoms with Crippen molar-refractivity contribution in [2.75, 3.05) is 32.1 Å². The maximum atomic E-state index is 12.2. The maximum absolute atomic E-state index is 12.2. The average molecular weight is 430 g/mol. The predicted octanol–water partition coefficient (Wildman–Crippen LogP) is 3.54. The van der Waals surface area contributed by atoms with E-state index in [9.17, 15) is 13.2 Å². The monoisotopic (exact) mass is 429 g/mol. The number of rotatable bonds is 9. The number of thiazole rings is 1. The van der Waals surface area contributed by atoms with E-state index < -0.39 is 12.8 Å². The van der Waals surface area contributed by atoms with Crippen molar-refractivity contribution < 1.29 is 17.9 Å². The van der Waals surface area contributed by atoms with Crippen LogP contribution in [0.2, 0.25) is 0 Å². The Balaban J connectivity index is 1.92. The van der Waals surface area contributed by atoms with Crippen LogP contribution >= 0.6 is 11.3 Å². The molecule has 0 aliphatic rings. The van der Waals surface area contributed by atoms with Crippen LogP contribution in [0, 0.1) is 0 Å². The fraction of sp³-hybridized carbons (Fsp3) is 0.474. The fourth-order valence-electron chi connectivity index (χ4n) is 2.37. The van der Waals surface area contributed by atoms with Gasteiger partial charge in [0.15, 0.2) is 11.1 Å². The number of aliphatic imine (C=N–C) groups is 1. The van der Waals surface area contributed by atoms with Crippen LogP contribution in [0.5, 0.6) is 0 Å². The highest BCUT2D eigenvalue weighted by Crippen LogP contribution is 2.18. The summed E-state index contributed by atoms with van der Waals surface area (Å²) in [5.41, 5.74) is 2.49. The number of alkyl halides is 3. The first-order valence-electron chi connectivity index (χ1n) is 9.13. The van der Waals surface area contributed by atoms with Crippen molar-refractivity contribution in [1.82, 2.24) is 15.6 Å². The normalized spacial score (nSPS) is 12.1. The van der Waals surface area contributed by atoms with Gasteiger partial charge in [0.2, 0.25) is 0 Å². The summed E-state index contributed by atoms with van der Waals surface area (Å²) in [5.74, 6) is 0.644. The molecule has 2 N–H and O–H groups in total. The third-order valence-corrected chi connectivity index (χ3v) is 4.71. The minimum atomic E-state index is -4.32. The maximum Gasteiger partial charge on any atom is 0.411 e. The number of hydrogen-bond acceptors (Lipinski definition) is 5. The van der Waals surface area contributed by atoms with Crippen LogP contribution in [0.1, 0.15) is 23.7 Å². The van der Waals surface area contributed by atoms with E-state index in [2.05, 4.69) is 20.6 Å². The Morgan fingerprint density at radius 3 is 2.66 bits per heavy atom. The topological polar surface area (TPSA) is 61.8 Å². The molecule has 0 unspecified atom stereocenters. The van der Waals surface area contributed by atoms with Crippen LogP contribution in [0.15, 0.2) is 34.6 Å². The number of benzene rings is 1. The Bertz CT molecular complexity index is 792. The molecule has 1 aromatic heterocycles. The van der Waals surface area contributed by atoms with Crippen molar-refractivity contribution in [2.45, 2.75) is 32.8 Å². The smallest absolute Gasteiger partial charge is 0.367 e. The first-order valence-corrected chi connectivity index (χ1v) is 10.0. The third kappa shape index (κ3) is 8.70. The number of nitrogens with one attached hydrogen (secondary N) is 2. The quantitative estimate of drug-likeness (QED) is 0.472. The highest BCUT2D eigenvalue weighted by molar-refractivity contribution is 7.13. The van der Waals surface area contributed by atoms with Crippen molar-refractivity contribution in [2.24, 2.45) is 4.99 Å². The molecule has 29 heavy (non-hydrogen) atoms. The van der Waals surface area contributed by atoms with Gasteiger partial charge in [0, 0.05) is 26.0 Å². The van der Waals surface area contributed by atoms with Crippen molar-refractivity contribution >= 4 is 22.4 Å². The molecule has 0 saturated carbocycles. The Morgan fingerprint density at radius 2 is 2.00 bits per heavy atom. The van der Waals surface area contributed by atoms with Gasteiger partial charge in [-0.3, -0.25) is 0 Å². The van der Waals surface area contributed by atoms with Crippen molar-refractivity contribution in [3.63, 3.8) is 0 Å². The van der Waals surface area contributed by atoms with Gasteiger partial charge in [-0.1, -0.05) is 24.3 Å². The van der Waals surface area contributed by atoms with Crippen molar-refractivity contribution in [3.05, 3.63) is 46.5 Å². The summed E-state index contributed by atoms with van der Waals surface area (Å²) in [6.45, 7) is 2.27. The van der Waals surface area contributed by atoms with Crippen LogP contribution < -0.4 is 15.5 Å². The van der Waals surface area contributed by atoms with Crippen LogP contribution in [-0.2, 0) is 24.4 Å². The molecule has 160 valence electrons. The van der Waals surface area contributed by atoms with Gasteiger partial charge >= 0.3 is 6.18 Å². The van der Waals surface area contributed by atoms with E-state index in [1.807, 2.05) is 37.4 Å². The Kier molecular flexibility index (Phi) is 8.71. The number of halogens is 3. The first-order chi connectivity index (χ1) is 13.8. The van der Waals surface area contributed by atoms with Gasteiger partial charge in [0.25, 0.3) is 0 Å². The second-order valence-corrected chi connectivity index (χ2v) is 7.33. The van der Waals surface area contributed by atoms with Crippen LogP contribution in [0.25, 0.3) is 0 Å². The predicted molar refractivity (Wildman–Crippen MR) is 110 cm³/mol. The molecule has 0 saturated heterocycles. The van der Waals surface area contributed by atoms with Crippen LogP contribution in [0.3, 0.4) is 0 Å². The second kappa shape index (κ2) is 11.0. The molecular weight excluding hydrogens is 403 g/mol. The van der Waals surface area contributed by atoms with E-state index in [-0.39, 0.29) is 6.61 Å². The lowest BCUT2D eigenvalue weighted by atomic mass is 10.1. The molecule has 0 spiro atoms. The van der Waals surface area contributed by atoms with Crippen LogP contribution in [0.4, 0.5) is 18.3 Å². The van der Waals surface area contributed by atoms with Gasteiger partial charge in [-0.05, 0) is 18.1 Å². The minimum absolute atomic E-state index is 0.0899. The molecule has 2 rings (SSSR count). The lowest BCUT2D eigenvalue weighted by molar-refractivity contribution is -0.176. The summed E-state index contributed by atoms with van der Waals surface area (Å²) >= 11 is 1.57. The summed E-state index contributed by atoms with van der Waals surface area (Å²) in [6, 6.07) is 7.20. The second-order valence-electron chi connectivity index (χ2n) is 6.49. The van der Waals surface area contributed by atoms with E-state index in [4.69, 9.17) is 4.74 Å². The number of nitrogens with zero attached hydrogens (tertiary/aromatic N) is 3. The molecule has 0 fully saturated rings. The molecule has 0 radical (unpaired) electrons. The molecule has 0 amide bonds. The largest absolute Gasteiger partial charge is 0.411 e. The molecule has 0 aliphatic carbocycles. The number of anilines is 1. The molecule has 1 heterocycles. The number of hydrogen-bond donors (Lipinski definition) is 2. The molecule has 0 aliphatic heterocycles. The minimum Gasteiger partial charge on any atom is -0.367 e. The highest BCUT2D eigenvalue weighted by atomic mass is 32.1. The van der Waals surface area contributed by atoms with Gasteiger partial charge in [0.1, 0.15) is 6.61 Å². The molecular formula is C19H26F3N5OS. The number of ether oxygens (including phenoxy) is 1. The summed E-state index contributed by atoms with van der Waals surface area (Å²) < 4.78 is 41.3. The highest BCUT2D eigenvalue weighted by Gasteiger charge is 2.27. The molecule has 1 aromatic carbocycles. The summed E-state index contributed by atoms with van der Waals surface area (Å²) in [6.07, 6.45) is -4.32. The zero-order valence-electron chi connectivity index (χ0n) is 16.7. The van der Waals surface area contributed by atoms with E-state index in [0.717, 1.165) is 16.4 Å². The van der Waals surface area contributed by atoms with E-state index in [1.54, 1.807) is 29.5 Å². The van der Waals surface area contributed by atoms with Crippen molar-refractivity contribution in [1.29, 1.82) is 0 Å². The molecule has 2 aromatic rings. The average Bonchev–Trinajstić information content (AvgIpc) is 3.13. The van der Waals surface area contributed by atoms with E-state index >= 15 is 0 Å². The Hall–Kier alpha value is -2.33. The molecule has 6 nitrogen and oxygen atoms in total. The summed E-state index contributed by atoms with van der Waals surface area (Å²) in [7, 11) is 3.90. The van der Waals surface area contributed by atoms with Gasteiger partial charge in [0.05, 0.1) is 25.4 Å². The summed E-state index contributed by atoms with van der Waals surface area (Å²) in [5, 5.41) is 9.35. The number of aromatic nitrogens is 1. The third-order valence-electron chi connectivity index (χ3n) is 3.65. The standard InChI is InChI=1S/C19H26F3N5OS/c1-4-23-17(25-10-16-12-29-18(26-16)27(2)3)24-9-14-6-5-7-15(8-14)11-28-13-19(20,21)22/h5-8,12H,4,9-11,13H2,1-3H3,(H2,23,24,25).